The molecule has 0 radical (unpaired) electrons. The highest BCUT2D eigenvalue weighted by molar-refractivity contribution is 5.23. The molecule has 2 aromatic carbocycles. The Morgan fingerprint density at radius 2 is 1.95 bits per heavy atom. The smallest absolute Gasteiger partial charge is 0.165 e. The van der Waals surface area contributed by atoms with E-state index in [1.165, 1.54) is 17.2 Å². The van der Waals surface area contributed by atoms with Crippen LogP contribution < -0.4 is 10.1 Å². The van der Waals surface area contributed by atoms with Crippen molar-refractivity contribution in [3.05, 3.63) is 65.5 Å². The largest absolute Gasteiger partial charge is 0.489 e. The maximum absolute atomic E-state index is 13.3. The third-order valence-corrected chi connectivity index (χ3v) is 2.78. The van der Waals surface area contributed by atoms with E-state index in [4.69, 9.17) is 4.74 Å². The molecule has 0 saturated carbocycles. The quantitative estimate of drug-likeness (QED) is 0.804. The molecular formula is C16H18FNO. The zero-order chi connectivity index (χ0) is 13.5. The Kier molecular flexibility index (Phi) is 4.93. The van der Waals surface area contributed by atoms with Crippen LogP contribution in [0.1, 0.15) is 11.1 Å². The summed E-state index contributed by atoms with van der Waals surface area (Å²) in [7, 11) is 0. The second-order valence-electron chi connectivity index (χ2n) is 4.44. The number of aryl methyl sites for hydroxylation is 1. The van der Waals surface area contributed by atoms with Crippen LogP contribution in [0.5, 0.6) is 5.75 Å². The number of para-hydroxylation sites is 1. The summed E-state index contributed by atoms with van der Waals surface area (Å²) in [5.41, 5.74) is 2.49. The maximum Gasteiger partial charge on any atom is 0.165 e. The van der Waals surface area contributed by atoms with Gasteiger partial charge in [-0.15, -0.1) is 0 Å². The monoisotopic (exact) mass is 259 g/mol. The number of nitrogens with one attached hydrogen (secondary N) is 1. The SMILES string of the molecule is Cc1cccc(CNCCOc2ccccc2F)c1. The van der Waals surface area contributed by atoms with Crippen LogP contribution in [0.25, 0.3) is 0 Å². The summed E-state index contributed by atoms with van der Waals surface area (Å²) in [4.78, 5) is 0. The lowest BCUT2D eigenvalue weighted by molar-refractivity contribution is 0.298. The number of benzene rings is 2. The van der Waals surface area contributed by atoms with Crippen LogP contribution >= 0.6 is 0 Å². The van der Waals surface area contributed by atoms with Gasteiger partial charge in [-0.2, -0.15) is 0 Å². The molecule has 1 N–H and O–H groups in total. The van der Waals surface area contributed by atoms with Crippen molar-refractivity contribution in [2.24, 2.45) is 0 Å². The molecule has 2 rings (SSSR count). The van der Waals surface area contributed by atoms with Gasteiger partial charge in [-0.1, -0.05) is 42.0 Å². The minimum absolute atomic E-state index is 0.305. The number of rotatable bonds is 6. The minimum atomic E-state index is -0.318. The summed E-state index contributed by atoms with van der Waals surface area (Å²) in [6.45, 7) is 4.00. The minimum Gasteiger partial charge on any atom is -0.489 e. The Balaban J connectivity index is 1.69. The second kappa shape index (κ2) is 6.90. The van der Waals surface area contributed by atoms with Crippen LogP contribution in [0.4, 0.5) is 4.39 Å². The molecule has 19 heavy (non-hydrogen) atoms. The van der Waals surface area contributed by atoms with Gasteiger partial charge >= 0.3 is 0 Å². The third kappa shape index (κ3) is 4.38. The van der Waals surface area contributed by atoms with Crippen LogP contribution in [0.3, 0.4) is 0 Å². The van der Waals surface area contributed by atoms with Gasteiger partial charge in [-0.05, 0) is 24.6 Å². The molecule has 0 heterocycles. The number of halogens is 1. The lowest BCUT2D eigenvalue weighted by Crippen LogP contribution is -2.20. The topological polar surface area (TPSA) is 21.3 Å². The zero-order valence-corrected chi connectivity index (χ0v) is 11.0. The Morgan fingerprint density at radius 1 is 1.11 bits per heavy atom. The molecular weight excluding hydrogens is 241 g/mol. The summed E-state index contributed by atoms with van der Waals surface area (Å²) in [6.07, 6.45) is 0. The lowest BCUT2D eigenvalue weighted by Gasteiger charge is -2.08. The Labute approximate surface area is 113 Å². The molecule has 0 aliphatic carbocycles. The van der Waals surface area contributed by atoms with E-state index in [1.807, 2.05) is 6.07 Å². The fraction of sp³-hybridized carbons (Fsp3) is 0.250. The van der Waals surface area contributed by atoms with E-state index in [2.05, 4.69) is 30.4 Å². The molecule has 2 nitrogen and oxygen atoms in total. The molecule has 2 aromatic rings. The summed E-state index contributed by atoms with van der Waals surface area (Å²) in [5, 5.41) is 3.27. The highest BCUT2D eigenvalue weighted by atomic mass is 19.1. The molecule has 0 unspecified atom stereocenters. The average molecular weight is 259 g/mol. The van der Waals surface area contributed by atoms with Gasteiger partial charge in [-0.3, -0.25) is 0 Å². The maximum atomic E-state index is 13.3. The second-order valence-corrected chi connectivity index (χ2v) is 4.44. The molecule has 0 amide bonds. The number of hydrogen-bond acceptors (Lipinski definition) is 2. The Hall–Kier alpha value is -1.87. The van der Waals surface area contributed by atoms with E-state index in [-0.39, 0.29) is 5.82 Å². The Morgan fingerprint density at radius 3 is 2.74 bits per heavy atom. The number of hydrogen-bond donors (Lipinski definition) is 1. The van der Waals surface area contributed by atoms with Crippen molar-refractivity contribution in [2.45, 2.75) is 13.5 Å². The van der Waals surface area contributed by atoms with Gasteiger partial charge in [0.1, 0.15) is 6.61 Å². The standard InChI is InChI=1S/C16H18FNO/c1-13-5-4-6-14(11-13)12-18-9-10-19-16-8-3-2-7-15(16)17/h2-8,11,18H,9-10,12H2,1H3. The van der Waals surface area contributed by atoms with Crippen molar-refractivity contribution >= 4 is 0 Å². The van der Waals surface area contributed by atoms with Crippen LogP contribution in [-0.2, 0) is 6.54 Å². The molecule has 3 heteroatoms. The summed E-state index contributed by atoms with van der Waals surface area (Å²) < 4.78 is 18.6. The van der Waals surface area contributed by atoms with Crippen molar-refractivity contribution in [1.82, 2.24) is 5.32 Å². The van der Waals surface area contributed by atoms with Crippen LogP contribution in [0.2, 0.25) is 0 Å². The number of ether oxygens (including phenoxy) is 1. The van der Waals surface area contributed by atoms with Crippen molar-refractivity contribution in [1.29, 1.82) is 0 Å². The molecule has 0 bridgehead atoms. The molecule has 0 fully saturated rings. The normalized spacial score (nSPS) is 10.4. The molecule has 0 aliphatic heterocycles. The van der Waals surface area contributed by atoms with Gasteiger partial charge in [0.25, 0.3) is 0 Å². The van der Waals surface area contributed by atoms with Gasteiger partial charge in [0.15, 0.2) is 11.6 Å². The van der Waals surface area contributed by atoms with Crippen LogP contribution in [-0.4, -0.2) is 13.2 Å². The van der Waals surface area contributed by atoms with E-state index < -0.39 is 0 Å². The average Bonchev–Trinajstić information content (AvgIpc) is 2.40. The molecule has 0 aliphatic rings. The van der Waals surface area contributed by atoms with Crippen molar-refractivity contribution in [3.63, 3.8) is 0 Å². The first-order chi connectivity index (χ1) is 9.25. The van der Waals surface area contributed by atoms with Crippen molar-refractivity contribution in [2.75, 3.05) is 13.2 Å². The Bertz CT molecular complexity index is 528. The third-order valence-electron chi connectivity index (χ3n) is 2.78. The van der Waals surface area contributed by atoms with Gasteiger partial charge in [0.2, 0.25) is 0 Å². The zero-order valence-electron chi connectivity index (χ0n) is 11.0. The van der Waals surface area contributed by atoms with Crippen LogP contribution in [0, 0.1) is 12.7 Å². The van der Waals surface area contributed by atoms with Gasteiger partial charge in [0, 0.05) is 13.1 Å². The summed E-state index contributed by atoms with van der Waals surface area (Å²) in [6, 6.07) is 14.8. The van der Waals surface area contributed by atoms with Gasteiger partial charge in [-0.25, -0.2) is 4.39 Å². The highest BCUT2D eigenvalue weighted by Gasteiger charge is 2.00. The van der Waals surface area contributed by atoms with E-state index in [1.54, 1.807) is 18.2 Å². The lowest BCUT2D eigenvalue weighted by atomic mass is 10.1. The van der Waals surface area contributed by atoms with Crippen molar-refractivity contribution < 1.29 is 9.13 Å². The van der Waals surface area contributed by atoms with E-state index >= 15 is 0 Å². The first-order valence-electron chi connectivity index (χ1n) is 6.39. The fourth-order valence-electron chi connectivity index (χ4n) is 1.85. The predicted molar refractivity (Wildman–Crippen MR) is 74.8 cm³/mol. The molecule has 100 valence electrons. The summed E-state index contributed by atoms with van der Waals surface area (Å²) in [5.74, 6) is -0.0129. The highest BCUT2D eigenvalue weighted by Crippen LogP contribution is 2.14. The first-order valence-corrected chi connectivity index (χ1v) is 6.39. The van der Waals surface area contributed by atoms with Crippen molar-refractivity contribution in [3.8, 4) is 5.75 Å². The molecule has 0 atom stereocenters. The van der Waals surface area contributed by atoms with E-state index in [0.29, 0.717) is 18.9 Å². The fourth-order valence-corrected chi connectivity index (χ4v) is 1.85. The van der Waals surface area contributed by atoms with E-state index in [9.17, 15) is 4.39 Å². The molecule has 0 aromatic heterocycles. The van der Waals surface area contributed by atoms with Gasteiger partial charge < -0.3 is 10.1 Å². The predicted octanol–water partition coefficient (Wildman–Crippen LogP) is 3.30. The first kappa shape index (κ1) is 13.6. The van der Waals surface area contributed by atoms with Gasteiger partial charge in [0.05, 0.1) is 0 Å². The van der Waals surface area contributed by atoms with E-state index in [0.717, 1.165) is 6.54 Å². The molecule has 0 saturated heterocycles. The van der Waals surface area contributed by atoms with Crippen LogP contribution in [0.15, 0.2) is 48.5 Å². The molecule has 0 spiro atoms. The summed E-state index contributed by atoms with van der Waals surface area (Å²) >= 11 is 0.